The number of hydrogen-bond donors (Lipinski definition) is 3. The van der Waals surface area contributed by atoms with Gasteiger partial charge in [0.2, 0.25) is 17.7 Å². The van der Waals surface area contributed by atoms with Crippen LogP contribution in [0.5, 0.6) is 0 Å². The smallest absolute Gasteiger partial charge is 0.247 e. The Morgan fingerprint density at radius 2 is 1.76 bits per heavy atom. The number of halogens is 1. The molecule has 1 fully saturated rings. The van der Waals surface area contributed by atoms with Gasteiger partial charge in [0.05, 0.1) is 5.92 Å². The highest BCUT2D eigenvalue weighted by Crippen LogP contribution is 2.27. The van der Waals surface area contributed by atoms with E-state index >= 15 is 0 Å². The molecule has 0 aromatic heterocycles. The van der Waals surface area contributed by atoms with Gasteiger partial charge in [0.15, 0.2) is 0 Å². The summed E-state index contributed by atoms with van der Waals surface area (Å²) in [5.41, 5.74) is 4.28. The average Bonchev–Trinajstić information content (AvgIpc) is 3.06. The van der Waals surface area contributed by atoms with Gasteiger partial charge in [-0.25, -0.2) is 9.87 Å². The van der Waals surface area contributed by atoms with Gasteiger partial charge < -0.3 is 10.2 Å². The van der Waals surface area contributed by atoms with Crippen LogP contribution in [0.4, 0.5) is 4.39 Å². The number of hydroxylamine groups is 1. The number of likely N-dealkylation sites (tertiary alicyclic amines) is 1. The number of carbonyl (C=O) groups is 3. The maximum Gasteiger partial charge on any atom is 0.247 e. The van der Waals surface area contributed by atoms with E-state index in [9.17, 15) is 24.0 Å². The third-order valence-corrected chi connectivity index (χ3v) is 7.15. The highest BCUT2D eigenvalue weighted by atomic mass is 19.1. The van der Waals surface area contributed by atoms with E-state index in [-0.39, 0.29) is 23.5 Å². The van der Waals surface area contributed by atoms with Crippen LogP contribution in [0.15, 0.2) is 48.5 Å². The SMILES string of the molecule is CCCC(C(=O)NO)C(CC(C)C)C(=O)N[C@H]1CCCCN(Cc2cccc(-c3cccc(F)c3)c2)C1=O. The third-order valence-electron chi connectivity index (χ3n) is 7.15. The van der Waals surface area contributed by atoms with E-state index in [4.69, 9.17) is 0 Å². The maximum absolute atomic E-state index is 13.7. The van der Waals surface area contributed by atoms with Gasteiger partial charge in [-0.15, -0.1) is 0 Å². The molecule has 1 aliphatic rings. The minimum atomic E-state index is -0.675. The molecule has 1 saturated heterocycles. The van der Waals surface area contributed by atoms with Crippen molar-refractivity contribution in [2.24, 2.45) is 17.8 Å². The first-order valence-corrected chi connectivity index (χ1v) is 13.6. The second-order valence-corrected chi connectivity index (χ2v) is 10.6. The zero-order valence-corrected chi connectivity index (χ0v) is 22.6. The molecule has 0 aliphatic carbocycles. The summed E-state index contributed by atoms with van der Waals surface area (Å²) in [6.45, 7) is 6.86. The first-order valence-electron chi connectivity index (χ1n) is 13.6. The number of benzene rings is 2. The molecule has 2 aromatic carbocycles. The predicted molar refractivity (Wildman–Crippen MR) is 144 cm³/mol. The number of hydrogen-bond acceptors (Lipinski definition) is 4. The zero-order chi connectivity index (χ0) is 27.7. The van der Waals surface area contributed by atoms with E-state index in [0.717, 1.165) is 29.5 Å². The lowest BCUT2D eigenvalue weighted by Crippen LogP contribution is -2.51. The molecule has 3 atom stereocenters. The fourth-order valence-corrected chi connectivity index (χ4v) is 5.28. The molecule has 3 rings (SSSR count). The number of amides is 3. The van der Waals surface area contributed by atoms with Crippen LogP contribution in [0, 0.1) is 23.6 Å². The molecule has 206 valence electrons. The fraction of sp³-hybridized carbons (Fsp3) is 0.500. The molecule has 8 heteroatoms. The number of nitrogens with one attached hydrogen (secondary N) is 2. The van der Waals surface area contributed by atoms with Gasteiger partial charge in [-0.3, -0.25) is 19.6 Å². The molecule has 1 aliphatic heterocycles. The number of carbonyl (C=O) groups excluding carboxylic acids is 3. The third kappa shape index (κ3) is 7.87. The summed E-state index contributed by atoms with van der Waals surface area (Å²) < 4.78 is 13.7. The second kappa shape index (κ2) is 14.0. The van der Waals surface area contributed by atoms with Crippen LogP contribution < -0.4 is 10.8 Å². The van der Waals surface area contributed by atoms with Gasteiger partial charge in [-0.1, -0.05) is 57.5 Å². The summed E-state index contributed by atoms with van der Waals surface area (Å²) in [6, 6.07) is 13.4. The van der Waals surface area contributed by atoms with Crippen LogP contribution in [-0.4, -0.2) is 40.4 Å². The normalized spacial score (nSPS) is 17.6. The second-order valence-electron chi connectivity index (χ2n) is 10.6. The van der Waals surface area contributed by atoms with E-state index in [2.05, 4.69) is 5.32 Å². The van der Waals surface area contributed by atoms with Gasteiger partial charge in [0.1, 0.15) is 11.9 Å². The molecular formula is C30H40FN3O4. The first-order chi connectivity index (χ1) is 18.2. The van der Waals surface area contributed by atoms with E-state index in [1.165, 1.54) is 12.1 Å². The Balaban J connectivity index is 1.76. The number of rotatable bonds is 11. The Hall–Kier alpha value is -3.26. The summed E-state index contributed by atoms with van der Waals surface area (Å²) in [4.78, 5) is 41.2. The van der Waals surface area contributed by atoms with E-state index < -0.39 is 23.8 Å². The minimum absolute atomic E-state index is 0.144. The van der Waals surface area contributed by atoms with Gasteiger partial charge in [-0.05, 0) is 72.9 Å². The van der Waals surface area contributed by atoms with Crippen LogP contribution in [0.3, 0.4) is 0 Å². The van der Waals surface area contributed by atoms with Crippen LogP contribution in [0.2, 0.25) is 0 Å². The van der Waals surface area contributed by atoms with Crippen molar-refractivity contribution < 1.29 is 24.0 Å². The molecule has 2 aromatic rings. The zero-order valence-electron chi connectivity index (χ0n) is 22.6. The summed E-state index contributed by atoms with van der Waals surface area (Å²) in [5, 5.41) is 12.2. The summed E-state index contributed by atoms with van der Waals surface area (Å²) >= 11 is 0. The Bertz CT molecular complexity index is 1110. The number of nitrogens with zero attached hydrogens (tertiary/aromatic N) is 1. The van der Waals surface area contributed by atoms with E-state index in [0.29, 0.717) is 38.8 Å². The predicted octanol–water partition coefficient (Wildman–Crippen LogP) is 5.07. The van der Waals surface area contributed by atoms with Crippen LogP contribution in [0.1, 0.15) is 64.9 Å². The molecule has 3 amide bonds. The molecule has 3 N–H and O–H groups in total. The molecule has 0 radical (unpaired) electrons. The average molecular weight is 526 g/mol. The monoisotopic (exact) mass is 525 g/mol. The Morgan fingerprint density at radius 3 is 2.42 bits per heavy atom. The van der Waals surface area contributed by atoms with E-state index in [1.54, 1.807) is 16.4 Å². The quantitative estimate of drug-likeness (QED) is 0.282. The van der Waals surface area contributed by atoms with Crippen LogP contribution in [0.25, 0.3) is 11.1 Å². The molecular weight excluding hydrogens is 485 g/mol. The van der Waals surface area contributed by atoms with Crippen molar-refractivity contribution in [2.75, 3.05) is 6.54 Å². The molecule has 38 heavy (non-hydrogen) atoms. The van der Waals surface area contributed by atoms with Crippen molar-refractivity contribution in [1.29, 1.82) is 0 Å². The van der Waals surface area contributed by atoms with Crippen molar-refractivity contribution in [2.45, 2.75) is 71.9 Å². The van der Waals surface area contributed by atoms with E-state index in [1.807, 2.05) is 51.1 Å². The molecule has 0 saturated carbocycles. The molecule has 7 nitrogen and oxygen atoms in total. The maximum atomic E-state index is 13.7. The summed E-state index contributed by atoms with van der Waals surface area (Å²) in [7, 11) is 0. The van der Waals surface area contributed by atoms with Crippen molar-refractivity contribution >= 4 is 17.7 Å². The van der Waals surface area contributed by atoms with Crippen LogP contribution >= 0.6 is 0 Å². The van der Waals surface area contributed by atoms with Crippen molar-refractivity contribution in [3.05, 3.63) is 59.9 Å². The van der Waals surface area contributed by atoms with Crippen molar-refractivity contribution in [1.82, 2.24) is 15.7 Å². The standard InChI is InChI=1S/C30H40FN3O4/c1-4-9-25(29(36)33-38)26(16-20(2)3)28(35)32-27-14-5-6-15-34(30(27)37)19-21-10-7-11-22(17-21)23-12-8-13-24(31)18-23/h7-8,10-13,17-18,20,25-27,38H,4-6,9,14-16,19H2,1-3H3,(H,32,35)(H,33,36)/t25?,26?,27-/m0/s1. The Kier molecular flexibility index (Phi) is 10.8. The minimum Gasteiger partial charge on any atom is -0.344 e. The lowest BCUT2D eigenvalue weighted by molar-refractivity contribution is -0.143. The van der Waals surface area contributed by atoms with Gasteiger partial charge in [0, 0.05) is 19.0 Å². The summed E-state index contributed by atoms with van der Waals surface area (Å²) in [5.74, 6) is -2.50. The summed E-state index contributed by atoms with van der Waals surface area (Å²) in [6.07, 6.45) is 3.77. The van der Waals surface area contributed by atoms with Crippen molar-refractivity contribution in [3.8, 4) is 11.1 Å². The highest BCUT2D eigenvalue weighted by molar-refractivity contribution is 5.91. The largest absolute Gasteiger partial charge is 0.344 e. The Morgan fingerprint density at radius 1 is 1.05 bits per heavy atom. The first kappa shape index (κ1) is 29.3. The molecule has 1 heterocycles. The topological polar surface area (TPSA) is 98.7 Å². The lowest BCUT2D eigenvalue weighted by Gasteiger charge is -2.29. The van der Waals surface area contributed by atoms with Crippen molar-refractivity contribution in [3.63, 3.8) is 0 Å². The Labute approximate surface area is 224 Å². The fourth-order valence-electron chi connectivity index (χ4n) is 5.28. The van der Waals surface area contributed by atoms with Crippen LogP contribution in [-0.2, 0) is 20.9 Å². The molecule has 2 unspecified atom stereocenters. The van der Waals surface area contributed by atoms with Gasteiger partial charge in [-0.2, -0.15) is 0 Å². The van der Waals surface area contributed by atoms with Gasteiger partial charge in [0.25, 0.3) is 0 Å². The van der Waals surface area contributed by atoms with Gasteiger partial charge >= 0.3 is 0 Å². The highest BCUT2D eigenvalue weighted by Gasteiger charge is 2.36. The molecule has 0 bridgehead atoms. The molecule has 0 spiro atoms. The lowest BCUT2D eigenvalue weighted by atomic mass is 9.81.